The number of nitrogens with zero attached hydrogens (tertiary/aromatic N) is 1. The highest BCUT2D eigenvalue weighted by molar-refractivity contribution is 7.27. The maximum atomic E-state index is 2.37. The molecular weight excluding hydrogens is 502 g/mol. The summed E-state index contributed by atoms with van der Waals surface area (Å²) in [5.41, 5.74) is 5.89. The Morgan fingerprint density at radius 3 is 1.52 bits per heavy atom. The molecule has 0 unspecified atom stereocenters. The molecule has 0 saturated carbocycles. The topological polar surface area (TPSA) is 3.24 Å². The van der Waals surface area contributed by atoms with E-state index in [1.54, 1.807) is 0 Å². The maximum absolute atomic E-state index is 2.37. The molecule has 1 heterocycles. The summed E-state index contributed by atoms with van der Waals surface area (Å²) in [7, 11) is 0. The monoisotopic (exact) mass is 527 g/mol. The van der Waals surface area contributed by atoms with E-state index in [4.69, 9.17) is 0 Å². The van der Waals surface area contributed by atoms with Gasteiger partial charge in [-0.2, -0.15) is 0 Å². The average Bonchev–Trinajstić information content (AvgIpc) is 3.42. The summed E-state index contributed by atoms with van der Waals surface area (Å²) in [4.78, 5) is 2.30. The first-order valence-corrected chi connectivity index (χ1v) is 14.4. The summed E-state index contributed by atoms with van der Waals surface area (Å²) in [6.45, 7) is 0. The summed E-state index contributed by atoms with van der Waals surface area (Å²) in [5.74, 6) is 0. The van der Waals surface area contributed by atoms with Crippen LogP contribution in [-0.2, 0) is 0 Å². The highest BCUT2D eigenvalue weighted by atomic mass is 32.1. The summed E-state index contributed by atoms with van der Waals surface area (Å²) in [6.07, 6.45) is 0. The van der Waals surface area contributed by atoms with E-state index in [9.17, 15) is 0 Å². The van der Waals surface area contributed by atoms with E-state index in [0.717, 1.165) is 17.1 Å². The molecule has 0 aliphatic heterocycles. The van der Waals surface area contributed by atoms with Gasteiger partial charge in [0.15, 0.2) is 0 Å². The fraction of sp³-hybridized carbons (Fsp3) is 0. The van der Waals surface area contributed by atoms with Gasteiger partial charge in [0.2, 0.25) is 0 Å². The van der Waals surface area contributed by atoms with Gasteiger partial charge in [0.25, 0.3) is 0 Å². The van der Waals surface area contributed by atoms with Crippen LogP contribution < -0.4 is 4.90 Å². The standard InChI is InChI=1S/C38H25NS/c1-3-11-28(12-4-1)39(29-13-5-2-6-14-29)30-22-19-26(20-23-30)27-21-24-35-36(25-27)40-38-34-18-10-8-16-32(34)31-15-7-9-17-33(31)37(35)38/h1-25H. The molecule has 7 aromatic carbocycles. The van der Waals surface area contributed by atoms with Gasteiger partial charge in [-0.1, -0.05) is 109 Å². The lowest BCUT2D eigenvalue weighted by atomic mass is 9.96. The molecule has 0 radical (unpaired) electrons. The van der Waals surface area contributed by atoms with Crippen molar-refractivity contribution in [3.63, 3.8) is 0 Å². The molecule has 0 bridgehead atoms. The van der Waals surface area contributed by atoms with E-state index < -0.39 is 0 Å². The highest BCUT2D eigenvalue weighted by Gasteiger charge is 2.15. The molecular formula is C38H25NS. The lowest BCUT2D eigenvalue weighted by Gasteiger charge is -2.25. The molecule has 0 spiro atoms. The quantitative estimate of drug-likeness (QED) is 0.206. The molecule has 0 fully saturated rings. The molecule has 0 saturated heterocycles. The van der Waals surface area contributed by atoms with Gasteiger partial charge in [0.05, 0.1) is 0 Å². The fourth-order valence-corrected chi connectivity index (χ4v) is 7.29. The number of fused-ring (bicyclic) bond motifs is 8. The van der Waals surface area contributed by atoms with Crippen LogP contribution >= 0.6 is 11.3 Å². The van der Waals surface area contributed by atoms with Crippen LogP contribution in [0.15, 0.2) is 152 Å². The largest absolute Gasteiger partial charge is 0.311 e. The lowest BCUT2D eigenvalue weighted by Crippen LogP contribution is -2.09. The van der Waals surface area contributed by atoms with Crippen LogP contribution in [0.1, 0.15) is 0 Å². The Morgan fingerprint density at radius 1 is 0.375 bits per heavy atom. The number of hydrogen-bond donors (Lipinski definition) is 0. The maximum Gasteiger partial charge on any atom is 0.0462 e. The smallest absolute Gasteiger partial charge is 0.0462 e. The minimum atomic E-state index is 1.14. The van der Waals surface area contributed by atoms with Crippen LogP contribution in [0.3, 0.4) is 0 Å². The Labute approximate surface area is 237 Å². The van der Waals surface area contributed by atoms with E-state index in [0.29, 0.717) is 0 Å². The van der Waals surface area contributed by atoms with Gasteiger partial charge in [0, 0.05) is 42.6 Å². The Bertz CT molecular complexity index is 2100. The second-order valence-corrected chi connectivity index (χ2v) is 11.2. The third kappa shape index (κ3) is 3.69. The minimum Gasteiger partial charge on any atom is -0.311 e. The number of anilines is 3. The molecule has 0 aliphatic rings. The van der Waals surface area contributed by atoms with Crippen LogP contribution in [0.2, 0.25) is 0 Å². The number of para-hydroxylation sites is 2. The zero-order valence-electron chi connectivity index (χ0n) is 21.8. The van der Waals surface area contributed by atoms with Crippen molar-refractivity contribution >= 4 is 70.1 Å². The van der Waals surface area contributed by atoms with Crippen LogP contribution in [-0.4, -0.2) is 0 Å². The molecule has 0 aliphatic carbocycles. The molecule has 8 rings (SSSR count). The van der Waals surface area contributed by atoms with Gasteiger partial charge in [-0.25, -0.2) is 0 Å². The normalized spacial score (nSPS) is 11.5. The van der Waals surface area contributed by atoms with Crippen LogP contribution in [0.5, 0.6) is 0 Å². The van der Waals surface area contributed by atoms with Crippen molar-refractivity contribution in [1.82, 2.24) is 0 Å². The number of thiophene rings is 1. The number of rotatable bonds is 4. The Balaban J connectivity index is 1.25. The van der Waals surface area contributed by atoms with E-state index in [-0.39, 0.29) is 0 Å². The SMILES string of the molecule is c1ccc(N(c2ccccc2)c2ccc(-c3ccc4c(c3)sc3c5ccccc5c5ccccc5c43)cc2)cc1. The molecule has 1 aromatic heterocycles. The molecule has 1 nitrogen and oxygen atoms in total. The van der Waals surface area contributed by atoms with E-state index in [1.807, 2.05) is 11.3 Å². The van der Waals surface area contributed by atoms with E-state index in [1.165, 1.54) is 52.8 Å². The van der Waals surface area contributed by atoms with Gasteiger partial charge in [0.1, 0.15) is 0 Å². The lowest BCUT2D eigenvalue weighted by molar-refractivity contribution is 1.28. The number of benzene rings is 7. The van der Waals surface area contributed by atoms with Crippen LogP contribution in [0.25, 0.3) is 52.8 Å². The van der Waals surface area contributed by atoms with Gasteiger partial charge in [-0.3, -0.25) is 0 Å². The van der Waals surface area contributed by atoms with Crippen LogP contribution in [0, 0.1) is 0 Å². The van der Waals surface area contributed by atoms with Crippen molar-refractivity contribution in [3.05, 3.63) is 152 Å². The molecule has 0 amide bonds. The minimum absolute atomic E-state index is 1.14. The summed E-state index contributed by atoms with van der Waals surface area (Å²) in [5, 5.41) is 8.03. The predicted molar refractivity (Wildman–Crippen MR) is 174 cm³/mol. The Kier molecular flexibility index (Phi) is 5.39. The van der Waals surface area contributed by atoms with Crippen molar-refractivity contribution in [2.75, 3.05) is 4.90 Å². The summed E-state index contributed by atoms with van der Waals surface area (Å²) >= 11 is 1.91. The Hall–Kier alpha value is -4.92. The third-order valence-electron chi connectivity index (χ3n) is 7.84. The first kappa shape index (κ1) is 23.0. The molecule has 188 valence electrons. The zero-order valence-corrected chi connectivity index (χ0v) is 22.6. The van der Waals surface area contributed by atoms with Crippen molar-refractivity contribution in [2.45, 2.75) is 0 Å². The third-order valence-corrected chi connectivity index (χ3v) is 9.02. The van der Waals surface area contributed by atoms with Crippen molar-refractivity contribution < 1.29 is 0 Å². The predicted octanol–water partition coefficient (Wildman–Crippen LogP) is 11.5. The van der Waals surface area contributed by atoms with Crippen LogP contribution in [0.4, 0.5) is 17.1 Å². The molecule has 8 aromatic rings. The first-order chi connectivity index (χ1) is 19.8. The first-order valence-electron chi connectivity index (χ1n) is 13.6. The van der Waals surface area contributed by atoms with E-state index in [2.05, 4.69) is 157 Å². The van der Waals surface area contributed by atoms with Crippen molar-refractivity contribution in [2.24, 2.45) is 0 Å². The molecule has 2 heteroatoms. The summed E-state index contributed by atoms with van der Waals surface area (Å²) < 4.78 is 2.70. The second-order valence-electron chi connectivity index (χ2n) is 10.2. The van der Waals surface area contributed by atoms with Crippen molar-refractivity contribution in [1.29, 1.82) is 0 Å². The van der Waals surface area contributed by atoms with Gasteiger partial charge in [-0.15, -0.1) is 11.3 Å². The average molecular weight is 528 g/mol. The Morgan fingerprint density at radius 2 is 0.875 bits per heavy atom. The zero-order chi connectivity index (χ0) is 26.5. The van der Waals surface area contributed by atoms with Gasteiger partial charge in [-0.05, 0) is 69.8 Å². The van der Waals surface area contributed by atoms with Gasteiger partial charge >= 0.3 is 0 Å². The molecule has 0 N–H and O–H groups in total. The second kappa shape index (κ2) is 9.37. The fourth-order valence-electron chi connectivity index (χ4n) is 5.99. The van der Waals surface area contributed by atoms with E-state index >= 15 is 0 Å². The number of hydrogen-bond acceptors (Lipinski definition) is 2. The molecule has 0 atom stereocenters. The van der Waals surface area contributed by atoms with Crippen molar-refractivity contribution in [3.8, 4) is 11.1 Å². The summed E-state index contributed by atoms with van der Waals surface area (Å²) in [6, 6.07) is 54.7. The van der Waals surface area contributed by atoms with Gasteiger partial charge < -0.3 is 4.90 Å². The highest BCUT2D eigenvalue weighted by Crippen LogP contribution is 2.45. The molecule has 40 heavy (non-hydrogen) atoms.